The molecule has 1 aliphatic carbocycles. The van der Waals surface area contributed by atoms with Gasteiger partial charge in [-0.25, -0.2) is 4.79 Å². The van der Waals surface area contributed by atoms with E-state index in [-0.39, 0.29) is 23.3 Å². The molecule has 2 fully saturated rings. The zero-order chi connectivity index (χ0) is 14.0. The Balaban J connectivity index is 1.77. The average Bonchev–Trinajstić information content (AvgIpc) is 2.92. The van der Waals surface area contributed by atoms with E-state index < -0.39 is 12.1 Å². The summed E-state index contributed by atoms with van der Waals surface area (Å²) in [6.45, 7) is 4.70. The number of ether oxygens (including phenoxy) is 1. The van der Waals surface area contributed by atoms with Crippen molar-refractivity contribution in [3.63, 3.8) is 0 Å². The number of hydrogen-bond donors (Lipinski definition) is 2. The summed E-state index contributed by atoms with van der Waals surface area (Å²) < 4.78 is 5.37. The van der Waals surface area contributed by atoms with Crippen molar-refractivity contribution in [2.24, 2.45) is 11.3 Å². The Morgan fingerprint density at radius 1 is 1.32 bits per heavy atom. The first-order valence-electron chi connectivity index (χ1n) is 7.06. The number of nitrogens with one attached hydrogen (secondary N) is 1. The molecule has 2 N–H and O–H groups in total. The second-order valence-electron chi connectivity index (χ2n) is 6.34. The number of carboxylic acids is 1. The molecule has 0 aromatic heterocycles. The van der Waals surface area contributed by atoms with Gasteiger partial charge < -0.3 is 15.2 Å². The lowest BCUT2D eigenvalue weighted by atomic mass is 9.81. The van der Waals surface area contributed by atoms with Gasteiger partial charge in [0.25, 0.3) is 0 Å². The highest BCUT2D eigenvalue weighted by molar-refractivity contribution is 5.79. The molecule has 5 heteroatoms. The Morgan fingerprint density at radius 3 is 2.58 bits per heavy atom. The maximum atomic E-state index is 12.2. The molecule has 3 atom stereocenters. The van der Waals surface area contributed by atoms with Crippen LogP contribution in [-0.4, -0.2) is 35.7 Å². The quantitative estimate of drug-likeness (QED) is 0.812. The van der Waals surface area contributed by atoms with Crippen LogP contribution in [0.25, 0.3) is 0 Å². The Labute approximate surface area is 113 Å². The minimum atomic E-state index is -0.911. The van der Waals surface area contributed by atoms with Crippen LogP contribution < -0.4 is 5.32 Å². The summed E-state index contributed by atoms with van der Waals surface area (Å²) in [6.07, 6.45) is 3.51. The normalized spacial score (nSPS) is 33.3. The highest BCUT2D eigenvalue weighted by Crippen LogP contribution is 2.42. The fourth-order valence-corrected chi connectivity index (χ4v) is 3.19. The molecule has 0 aromatic carbocycles. The van der Waals surface area contributed by atoms with Gasteiger partial charge in [-0.2, -0.15) is 0 Å². The number of carbonyl (C=O) groups is 2. The van der Waals surface area contributed by atoms with Gasteiger partial charge in [0.1, 0.15) is 0 Å². The van der Waals surface area contributed by atoms with Gasteiger partial charge in [-0.05, 0) is 31.1 Å². The Hall–Kier alpha value is -1.10. The molecule has 19 heavy (non-hydrogen) atoms. The van der Waals surface area contributed by atoms with Gasteiger partial charge in [0.2, 0.25) is 5.91 Å². The van der Waals surface area contributed by atoms with Crippen LogP contribution in [0.3, 0.4) is 0 Å². The molecule has 2 aliphatic rings. The van der Waals surface area contributed by atoms with Gasteiger partial charge >= 0.3 is 5.97 Å². The zero-order valence-corrected chi connectivity index (χ0v) is 11.6. The summed E-state index contributed by atoms with van der Waals surface area (Å²) in [7, 11) is 0. The van der Waals surface area contributed by atoms with Crippen molar-refractivity contribution < 1.29 is 19.4 Å². The van der Waals surface area contributed by atoms with E-state index in [0.29, 0.717) is 19.4 Å². The molecule has 3 unspecified atom stereocenters. The van der Waals surface area contributed by atoms with Gasteiger partial charge in [-0.1, -0.05) is 20.3 Å². The molecule has 1 heterocycles. The lowest BCUT2D eigenvalue weighted by Crippen LogP contribution is -2.40. The molecule has 1 aliphatic heterocycles. The molecule has 2 rings (SSSR count). The SMILES string of the molecule is CC1(C)CCCC1C(=O)NCC1CCC(C(=O)O)O1. The van der Waals surface area contributed by atoms with Gasteiger partial charge in [0.15, 0.2) is 6.10 Å². The van der Waals surface area contributed by atoms with Crippen LogP contribution >= 0.6 is 0 Å². The Kier molecular flexibility index (Phi) is 4.13. The van der Waals surface area contributed by atoms with Gasteiger partial charge in [-0.3, -0.25) is 4.79 Å². The monoisotopic (exact) mass is 269 g/mol. The van der Waals surface area contributed by atoms with Crippen molar-refractivity contribution in [1.29, 1.82) is 0 Å². The smallest absolute Gasteiger partial charge is 0.332 e. The number of rotatable bonds is 4. The minimum Gasteiger partial charge on any atom is -0.479 e. The van der Waals surface area contributed by atoms with Crippen LogP contribution in [-0.2, 0) is 14.3 Å². The molecular formula is C14H23NO4. The van der Waals surface area contributed by atoms with Crippen molar-refractivity contribution in [3.8, 4) is 0 Å². The third kappa shape index (κ3) is 3.26. The van der Waals surface area contributed by atoms with Crippen molar-refractivity contribution in [2.75, 3.05) is 6.54 Å². The predicted octanol–water partition coefficient (Wildman–Crippen LogP) is 1.56. The van der Waals surface area contributed by atoms with E-state index in [4.69, 9.17) is 9.84 Å². The first kappa shape index (κ1) is 14.3. The fraction of sp³-hybridized carbons (Fsp3) is 0.857. The summed E-state index contributed by atoms with van der Waals surface area (Å²) in [5, 5.41) is 11.8. The summed E-state index contributed by atoms with van der Waals surface area (Å²) in [5.74, 6) is -0.750. The van der Waals surface area contributed by atoms with Crippen LogP contribution in [0.1, 0.15) is 46.0 Å². The summed E-state index contributed by atoms with van der Waals surface area (Å²) in [5.41, 5.74) is 0.0736. The number of carboxylic acid groups (broad SMARTS) is 1. The van der Waals surface area contributed by atoms with Gasteiger partial charge in [0.05, 0.1) is 6.10 Å². The van der Waals surface area contributed by atoms with Crippen molar-refractivity contribution in [3.05, 3.63) is 0 Å². The number of amides is 1. The minimum absolute atomic E-state index is 0.0733. The van der Waals surface area contributed by atoms with Crippen LogP contribution in [0, 0.1) is 11.3 Å². The number of carbonyl (C=O) groups excluding carboxylic acids is 1. The van der Waals surface area contributed by atoms with Gasteiger partial charge in [-0.15, -0.1) is 0 Å². The maximum absolute atomic E-state index is 12.2. The van der Waals surface area contributed by atoms with E-state index in [0.717, 1.165) is 19.3 Å². The standard InChI is InChI=1S/C14H23NO4/c1-14(2)7-3-4-10(14)12(16)15-8-9-5-6-11(19-9)13(17)18/h9-11H,3-8H2,1-2H3,(H,15,16)(H,17,18). The highest BCUT2D eigenvalue weighted by atomic mass is 16.5. The van der Waals surface area contributed by atoms with Crippen LogP contribution in [0.4, 0.5) is 0 Å². The van der Waals surface area contributed by atoms with Crippen molar-refractivity contribution in [1.82, 2.24) is 5.32 Å². The first-order valence-corrected chi connectivity index (χ1v) is 7.06. The molecule has 1 saturated heterocycles. The van der Waals surface area contributed by atoms with Crippen LogP contribution in [0.15, 0.2) is 0 Å². The molecular weight excluding hydrogens is 246 g/mol. The molecule has 0 spiro atoms. The zero-order valence-electron chi connectivity index (χ0n) is 11.6. The molecule has 5 nitrogen and oxygen atoms in total. The molecule has 0 aromatic rings. The number of hydrogen-bond acceptors (Lipinski definition) is 3. The Bertz CT molecular complexity index is 366. The van der Waals surface area contributed by atoms with Gasteiger partial charge in [0, 0.05) is 12.5 Å². The van der Waals surface area contributed by atoms with E-state index in [1.165, 1.54) is 0 Å². The summed E-state index contributed by atoms with van der Waals surface area (Å²) in [4.78, 5) is 22.9. The van der Waals surface area contributed by atoms with Crippen molar-refractivity contribution >= 4 is 11.9 Å². The van der Waals surface area contributed by atoms with E-state index in [2.05, 4.69) is 19.2 Å². The third-order valence-corrected chi connectivity index (χ3v) is 4.46. The van der Waals surface area contributed by atoms with Crippen LogP contribution in [0.2, 0.25) is 0 Å². The second kappa shape index (κ2) is 5.49. The highest BCUT2D eigenvalue weighted by Gasteiger charge is 2.39. The summed E-state index contributed by atoms with van der Waals surface area (Å²) in [6, 6.07) is 0. The second-order valence-corrected chi connectivity index (χ2v) is 6.34. The van der Waals surface area contributed by atoms with Crippen molar-refractivity contribution in [2.45, 2.75) is 58.2 Å². The number of aliphatic carboxylic acids is 1. The van der Waals surface area contributed by atoms with E-state index in [1.54, 1.807) is 0 Å². The lowest BCUT2D eigenvalue weighted by molar-refractivity contribution is -0.149. The largest absolute Gasteiger partial charge is 0.479 e. The van der Waals surface area contributed by atoms with E-state index >= 15 is 0 Å². The lowest BCUT2D eigenvalue weighted by Gasteiger charge is -2.26. The molecule has 0 bridgehead atoms. The van der Waals surface area contributed by atoms with Crippen LogP contribution in [0.5, 0.6) is 0 Å². The Morgan fingerprint density at radius 2 is 2.05 bits per heavy atom. The average molecular weight is 269 g/mol. The molecule has 1 saturated carbocycles. The summed E-state index contributed by atoms with van der Waals surface area (Å²) >= 11 is 0. The third-order valence-electron chi connectivity index (χ3n) is 4.46. The van der Waals surface area contributed by atoms with E-state index in [1.807, 2.05) is 0 Å². The molecule has 108 valence electrons. The molecule has 0 radical (unpaired) electrons. The first-order chi connectivity index (χ1) is 8.90. The fourth-order valence-electron chi connectivity index (χ4n) is 3.19. The maximum Gasteiger partial charge on any atom is 0.332 e. The van der Waals surface area contributed by atoms with E-state index in [9.17, 15) is 9.59 Å². The topological polar surface area (TPSA) is 75.6 Å². The molecule has 1 amide bonds. The predicted molar refractivity (Wildman–Crippen MR) is 69.7 cm³/mol.